The second kappa shape index (κ2) is 4.88. The first kappa shape index (κ1) is 13.6. The smallest absolute Gasteiger partial charge is 0.251 e. The summed E-state index contributed by atoms with van der Waals surface area (Å²) in [5.41, 5.74) is 3.58. The Labute approximate surface area is 123 Å². The van der Waals surface area contributed by atoms with Gasteiger partial charge < -0.3 is 9.73 Å². The normalized spacial score (nSPS) is 13.8. The van der Waals surface area contributed by atoms with Crippen molar-refractivity contribution in [2.45, 2.75) is 27.2 Å². The number of fused-ring (bicyclic) bond motifs is 1. The van der Waals surface area contributed by atoms with Crippen LogP contribution in [0.25, 0.3) is 0 Å². The maximum atomic E-state index is 12.7. The number of carbonyl (C=O) groups excluding carboxylic acids is 2. The number of aryl methyl sites for hydroxylation is 2. The lowest BCUT2D eigenvalue weighted by molar-refractivity contribution is 0.0946. The van der Waals surface area contributed by atoms with Crippen LogP contribution in [-0.4, -0.2) is 18.2 Å². The third-order valence-corrected chi connectivity index (χ3v) is 4.08. The number of furan rings is 1. The highest BCUT2D eigenvalue weighted by Gasteiger charge is 2.23. The fraction of sp³-hybridized carbons (Fsp3) is 0.294. The van der Waals surface area contributed by atoms with Gasteiger partial charge >= 0.3 is 0 Å². The summed E-state index contributed by atoms with van der Waals surface area (Å²) in [5.74, 6) is 1.18. The largest absolute Gasteiger partial charge is 0.466 e. The molecule has 4 heteroatoms. The Kier molecular flexibility index (Phi) is 3.16. The maximum Gasteiger partial charge on any atom is 0.251 e. The maximum absolute atomic E-state index is 12.7. The zero-order chi connectivity index (χ0) is 15.1. The van der Waals surface area contributed by atoms with Gasteiger partial charge in [-0.3, -0.25) is 9.59 Å². The predicted octanol–water partition coefficient (Wildman–Crippen LogP) is 2.72. The number of benzene rings is 1. The molecule has 0 saturated heterocycles. The molecule has 4 nitrogen and oxygen atoms in total. The van der Waals surface area contributed by atoms with Crippen LogP contribution in [0.5, 0.6) is 0 Å². The quantitative estimate of drug-likeness (QED) is 0.862. The predicted molar refractivity (Wildman–Crippen MR) is 78.8 cm³/mol. The highest BCUT2D eigenvalue weighted by atomic mass is 16.3. The first-order valence-corrected chi connectivity index (χ1v) is 7.01. The van der Waals surface area contributed by atoms with E-state index in [2.05, 4.69) is 5.32 Å². The van der Waals surface area contributed by atoms with Crippen molar-refractivity contribution in [1.29, 1.82) is 0 Å². The summed E-state index contributed by atoms with van der Waals surface area (Å²) in [6, 6.07) is 5.35. The van der Waals surface area contributed by atoms with Crippen molar-refractivity contribution in [3.8, 4) is 0 Å². The van der Waals surface area contributed by atoms with Crippen molar-refractivity contribution < 1.29 is 14.0 Å². The molecule has 0 aliphatic carbocycles. The molecule has 1 aliphatic rings. The highest BCUT2D eigenvalue weighted by molar-refractivity contribution is 6.12. The molecule has 0 bridgehead atoms. The minimum Gasteiger partial charge on any atom is -0.466 e. The zero-order valence-corrected chi connectivity index (χ0v) is 12.4. The van der Waals surface area contributed by atoms with E-state index in [4.69, 9.17) is 4.42 Å². The fourth-order valence-corrected chi connectivity index (χ4v) is 2.82. The molecule has 0 atom stereocenters. The Balaban J connectivity index is 2.07. The minimum atomic E-state index is -0.109. The summed E-state index contributed by atoms with van der Waals surface area (Å²) in [6.45, 7) is 6.17. The van der Waals surface area contributed by atoms with E-state index >= 15 is 0 Å². The molecule has 0 unspecified atom stereocenters. The Morgan fingerprint density at radius 2 is 1.95 bits per heavy atom. The number of hydrogen-bond donors (Lipinski definition) is 1. The van der Waals surface area contributed by atoms with Gasteiger partial charge in [-0.2, -0.15) is 0 Å². The third kappa shape index (κ3) is 2.17. The van der Waals surface area contributed by atoms with E-state index < -0.39 is 0 Å². The highest BCUT2D eigenvalue weighted by Crippen LogP contribution is 2.25. The van der Waals surface area contributed by atoms with E-state index in [0.717, 1.165) is 23.3 Å². The molecule has 0 fully saturated rings. The molecule has 0 saturated carbocycles. The van der Waals surface area contributed by atoms with Gasteiger partial charge in [-0.05, 0) is 38.8 Å². The molecule has 1 amide bonds. The molecule has 1 aromatic heterocycles. The molecule has 1 aromatic carbocycles. The average Bonchev–Trinajstić information content (AvgIpc) is 2.71. The zero-order valence-electron chi connectivity index (χ0n) is 12.4. The molecule has 1 aliphatic heterocycles. The Hall–Kier alpha value is -2.36. The van der Waals surface area contributed by atoms with Gasteiger partial charge in [0.15, 0.2) is 5.78 Å². The van der Waals surface area contributed by atoms with Gasteiger partial charge in [0, 0.05) is 23.2 Å². The molecule has 108 valence electrons. The molecule has 2 heterocycles. The first-order valence-electron chi connectivity index (χ1n) is 7.01. The number of nitrogens with one attached hydrogen (secondary N) is 1. The van der Waals surface area contributed by atoms with Gasteiger partial charge in [0.2, 0.25) is 0 Å². The monoisotopic (exact) mass is 283 g/mol. The van der Waals surface area contributed by atoms with Crippen LogP contribution in [0, 0.1) is 20.8 Å². The number of rotatable bonds is 2. The van der Waals surface area contributed by atoms with Crippen LogP contribution in [0.4, 0.5) is 0 Å². The van der Waals surface area contributed by atoms with E-state index in [-0.39, 0.29) is 11.7 Å². The van der Waals surface area contributed by atoms with Gasteiger partial charge in [-0.25, -0.2) is 0 Å². The SMILES string of the molecule is Cc1oc(C)c(C(=O)c2ccc3c(c2)C(=O)NCC3)c1C. The summed E-state index contributed by atoms with van der Waals surface area (Å²) >= 11 is 0. The van der Waals surface area contributed by atoms with Gasteiger partial charge in [-0.1, -0.05) is 12.1 Å². The molecule has 21 heavy (non-hydrogen) atoms. The number of carbonyl (C=O) groups is 2. The standard InChI is InChI=1S/C17H17NO3/c1-9-10(2)21-11(3)15(9)16(19)13-5-4-12-6-7-18-17(20)14(12)8-13/h4-5,8H,6-7H2,1-3H3,(H,18,20). The van der Waals surface area contributed by atoms with Crippen LogP contribution in [0.2, 0.25) is 0 Å². The Morgan fingerprint density at radius 1 is 1.19 bits per heavy atom. The van der Waals surface area contributed by atoms with Crippen LogP contribution >= 0.6 is 0 Å². The molecule has 3 rings (SSSR count). The molecule has 1 N–H and O–H groups in total. The van der Waals surface area contributed by atoms with Crippen molar-refractivity contribution in [1.82, 2.24) is 5.32 Å². The van der Waals surface area contributed by atoms with E-state index in [0.29, 0.717) is 29.0 Å². The van der Waals surface area contributed by atoms with Gasteiger partial charge in [0.25, 0.3) is 5.91 Å². The number of ketones is 1. The molecule has 2 aromatic rings. The number of amides is 1. The van der Waals surface area contributed by atoms with E-state index in [1.165, 1.54) is 0 Å². The second-order valence-electron chi connectivity index (χ2n) is 5.42. The minimum absolute atomic E-state index is 0.0944. The molecular formula is C17H17NO3. The van der Waals surface area contributed by atoms with E-state index in [9.17, 15) is 9.59 Å². The van der Waals surface area contributed by atoms with Crippen LogP contribution in [0.1, 0.15) is 48.9 Å². The van der Waals surface area contributed by atoms with Gasteiger partial charge in [0.1, 0.15) is 11.5 Å². The van der Waals surface area contributed by atoms with Gasteiger partial charge in [-0.15, -0.1) is 0 Å². The summed E-state index contributed by atoms with van der Waals surface area (Å²) in [6.07, 6.45) is 0.804. The van der Waals surface area contributed by atoms with Crippen molar-refractivity contribution in [2.75, 3.05) is 6.54 Å². The lowest BCUT2D eigenvalue weighted by atomic mass is 9.93. The van der Waals surface area contributed by atoms with Crippen molar-refractivity contribution in [2.24, 2.45) is 0 Å². The average molecular weight is 283 g/mol. The van der Waals surface area contributed by atoms with E-state index in [1.807, 2.05) is 19.9 Å². The molecule has 0 spiro atoms. The Morgan fingerprint density at radius 3 is 2.62 bits per heavy atom. The lowest BCUT2D eigenvalue weighted by Crippen LogP contribution is -2.32. The second-order valence-corrected chi connectivity index (χ2v) is 5.42. The molecule has 0 radical (unpaired) electrons. The summed E-state index contributed by atoms with van der Waals surface area (Å²) in [4.78, 5) is 24.6. The fourth-order valence-electron chi connectivity index (χ4n) is 2.82. The van der Waals surface area contributed by atoms with Crippen molar-refractivity contribution in [3.63, 3.8) is 0 Å². The topological polar surface area (TPSA) is 59.3 Å². The molecular weight excluding hydrogens is 266 g/mol. The van der Waals surface area contributed by atoms with Crippen LogP contribution in [0.15, 0.2) is 22.6 Å². The third-order valence-electron chi connectivity index (χ3n) is 4.08. The van der Waals surface area contributed by atoms with Gasteiger partial charge in [0.05, 0.1) is 5.56 Å². The van der Waals surface area contributed by atoms with Crippen LogP contribution in [-0.2, 0) is 6.42 Å². The summed E-state index contributed by atoms with van der Waals surface area (Å²) < 4.78 is 5.52. The number of hydrogen-bond acceptors (Lipinski definition) is 3. The van der Waals surface area contributed by atoms with Crippen molar-refractivity contribution >= 4 is 11.7 Å². The summed E-state index contributed by atoms with van der Waals surface area (Å²) in [7, 11) is 0. The van der Waals surface area contributed by atoms with Crippen molar-refractivity contribution in [3.05, 3.63) is 57.5 Å². The lowest BCUT2D eigenvalue weighted by Gasteiger charge is -2.16. The van der Waals surface area contributed by atoms with E-state index in [1.54, 1.807) is 19.1 Å². The van der Waals surface area contributed by atoms with Crippen LogP contribution in [0.3, 0.4) is 0 Å². The first-order chi connectivity index (χ1) is 9.99. The Bertz CT molecular complexity index is 756. The van der Waals surface area contributed by atoms with Crippen LogP contribution < -0.4 is 5.32 Å². The summed E-state index contributed by atoms with van der Waals surface area (Å²) in [5, 5.41) is 2.80.